The highest BCUT2D eigenvalue weighted by Gasteiger charge is 2.28. The number of hydrogen-bond donors (Lipinski definition) is 1. The molecule has 2 aliphatic heterocycles. The molecule has 1 N–H and O–H groups in total. The van der Waals surface area contributed by atoms with Crippen LogP contribution in [0.25, 0.3) is 21.9 Å². The normalized spacial score (nSPS) is 20.5. The average Bonchev–Trinajstić information content (AvgIpc) is 3.44. The van der Waals surface area contributed by atoms with Crippen molar-refractivity contribution < 1.29 is 9.53 Å². The van der Waals surface area contributed by atoms with Crippen LogP contribution in [0, 0.1) is 5.92 Å². The van der Waals surface area contributed by atoms with Crippen LogP contribution in [-0.2, 0) is 9.53 Å². The first-order chi connectivity index (χ1) is 14.7. The van der Waals surface area contributed by atoms with Crippen LogP contribution in [0.1, 0.15) is 6.42 Å². The molecule has 0 aliphatic carbocycles. The number of ether oxygens (including phenoxy) is 1. The first-order valence-electron chi connectivity index (χ1n) is 10.7. The van der Waals surface area contributed by atoms with Crippen molar-refractivity contribution in [3.05, 3.63) is 30.7 Å². The summed E-state index contributed by atoms with van der Waals surface area (Å²) in [5, 5.41) is 2.25. The lowest BCUT2D eigenvalue weighted by Gasteiger charge is -2.36. The van der Waals surface area contributed by atoms with Crippen LogP contribution >= 0.6 is 0 Å². The van der Waals surface area contributed by atoms with E-state index in [0.717, 1.165) is 74.2 Å². The predicted molar refractivity (Wildman–Crippen MR) is 117 cm³/mol. The number of H-pyrrole nitrogens is 1. The molecule has 0 aromatic carbocycles. The topological polar surface area (TPSA) is 77.6 Å². The van der Waals surface area contributed by atoms with Crippen molar-refractivity contribution in [2.24, 2.45) is 5.92 Å². The van der Waals surface area contributed by atoms with Gasteiger partial charge in [-0.05, 0) is 18.6 Å². The summed E-state index contributed by atoms with van der Waals surface area (Å²) in [4.78, 5) is 31.6. The summed E-state index contributed by atoms with van der Waals surface area (Å²) in [6.07, 6.45) is 6.66. The van der Waals surface area contributed by atoms with Gasteiger partial charge in [-0.15, -0.1) is 0 Å². The van der Waals surface area contributed by atoms with Gasteiger partial charge in [0.2, 0.25) is 5.91 Å². The minimum Gasteiger partial charge on any atom is -0.384 e. The Morgan fingerprint density at radius 3 is 2.90 bits per heavy atom. The van der Waals surface area contributed by atoms with Crippen molar-refractivity contribution in [2.75, 3.05) is 64.4 Å². The van der Waals surface area contributed by atoms with Crippen LogP contribution in [0.3, 0.4) is 0 Å². The van der Waals surface area contributed by atoms with E-state index in [2.05, 4.69) is 36.9 Å². The number of fused-ring (bicyclic) bond motifs is 3. The molecule has 2 aliphatic rings. The molecule has 8 heteroatoms. The highest BCUT2D eigenvalue weighted by molar-refractivity contribution is 6.09. The summed E-state index contributed by atoms with van der Waals surface area (Å²) in [6, 6.07) is 4.16. The van der Waals surface area contributed by atoms with E-state index in [9.17, 15) is 4.79 Å². The van der Waals surface area contributed by atoms with Gasteiger partial charge >= 0.3 is 0 Å². The largest absolute Gasteiger partial charge is 0.384 e. The van der Waals surface area contributed by atoms with E-state index in [1.165, 1.54) is 5.69 Å². The molecule has 1 unspecified atom stereocenters. The minimum absolute atomic E-state index is 0.247. The summed E-state index contributed by atoms with van der Waals surface area (Å²) in [5.41, 5.74) is 3.00. The predicted octanol–water partition coefficient (Wildman–Crippen LogP) is 1.73. The second-order valence-electron chi connectivity index (χ2n) is 8.30. The number of likely N-dealkylation sites (tertiary alicyclic amines) is 1. The van der Waals surface area contributed by atoms with Gasteiger partial charge in [-0.25, -0.2) is 4.98 Å². The SMILES string of the molecule is COCC1CCN(C(=O)CN2CCN(c3ccnc4cnc5[nH]ccc5c34)CC2)C1. The number of methoxy groups -OCH3 is 1. The molecule has 0 radical (unpaired) electrons. The van der Waals surface area contributed by atoms with Gasteiger partial charge in [-0.2, -0.15) is 0 Å². The molecular formula is C22H28N6O2. The molecule has 0 spiro atoms. The maximum Gasteiger partial charge on any atom is 0.236 e. The van der Waals surface area contributed by atoms with E-state index in [4.69, 9.17) is 4.74 Å². The van der Waals surface area contributed by atoms with Crippen LogP contribution < -0.4 is 4.90 Å². The number of hydrogen-bond acceptors (Lipinski definition) is 6. The van der Waals surface area contributed by atoms with Gasteiger partial charge < -0.3 is 19.5 Å². The minimum atomic E-state index is 0.247. The fourth-order valence-corrected chi connectivity index (χ4v) is 4.77. The Balaban J connectivity index is 1.25. The summed E-state index contributed by atoms with van der Waals surface area (Å²) in [6.45, 7) is 6.49. The van der Waals surface area contributed by atoms with Crippen molar-refractivity contribution in [3.63, 3.8) is 0 Å². The van der Waals surface area contributed by atoms with Crippen LogP contribution in [-0.4, -0.2) is 90.2 Å². The summed E-state index contributed by atoms with van der Waals surface area (Å²) < 4.78 is 5.25. The fraction of sp³-hybridized carbons (Fsp3) is 0.500. The van der Waals surface area contributed by atoms with E-state index in [-0.39, 0.29) is 5.91 Å². The molecule has 1 amide bonds. The van der Waals surface area contributed by atoms with Crippen molar-refractivity contribution >= 4 is 33.5 Å². The molecule has 5 heterocycles. The monoisotopic (exact) mass is 408 g/mol. The number of pyridine rings is 2. The second-order valence-corrected chi connectivity index (χ2v) is 8.30. The maximum absolute atomic E-state index is 12.7. The first kappa shape index (κ1) is 19.3. The molecule has 5 rings (SSSR count). The Bertz CT molecular complexity index is 1040. The van der Waals surface area contributed by atoms with Gasteiger partial charge in [-0.1, -0.05) is 0 Å². The van der Waals surface area contributed by atoms with Crippen molar-refractivity contribution in [1.29, 1.82) is 0 Å². The van der Waals surface area contributed by atoms with Crippen molar-refractivity contribution in [2.45, 2.75) is 6.42 Å². The Kier molecular flexibility index (Phi) is 5.26. The smallest absolute Gasteiger partial charge is 0.236 e. The lowest BCUT2D eigenvalue weighted by molar-refractivity contribution is -0.131. The average molecular weight is 409 g/mol. The van der Waals surface area contributed by atoms with Gasteiger partial charge in [-0.3, -0.25) is 14.7 Å². The van der Waals surface area contributed by atoms with Gasteiger partial charge in [0.25, 0.3) is 0 Å². The maximum atomic E-state index is 12.7. The number of carbonyl (C=O) groups excluding carboxylic acids is 1. The Hall–Kier alpha value is -2.71. The van der Waals surface area contributed by atoms with Crippen LogP contribution in [0.2, 0.25) is 0 Å². The third kappa shape index (κ3) is 3.61. The van der Waals surface area contributed by atoms with Crippen LogP contribution in [0.5, 0.6) is 0 Å². The number of amides is 1. The summed E-state index contributed by atoms with van der Waals surface area (Å²) in [5.74, 6) is 0.729. The Morgan fingerprint density at radius 2 is 2.07 bits per heavy atom. The number of carbonyl (C=O) groups is 1. The molecule has 0 saturated carbocycles. The molecule has 30 heavy (non-hydrogen) atoms. The lowest BCUT2D eigenvalue weighted by atomic mass is 10.1. The standard InChI is InChI=1S/C22H28N6O2/c1-30-15-16-4-7-28(13-16)20(29)14-26-8-10-27(11-9-26)19-3-6-23-18-12-25-22-17(21(18)19)2-5-24-22/h2-3,5-6,12,16H,4,7-11,13-15H2,1H3,(H,24,25). The van der Waals surface area contributed by atoms with Gasteiger partial charge in [0.1, 0.15) is 5.65 Å². The molecule has 3 aromatic rings. The zero-order chi connectivity index (χ0) is 20.5. The molecule has 1 atom stereocenters. The van der Waals surface area contributed by atoms with Gasteiger partial charge in [0.05, 0.1) is 24.9 Å². The van der Waals surface area contributed by atoms with Crippen LogP contribution in [0.15, 0.2) is 30.7 Å². The fourth-order valence-electron chi connectivity index (χ4n) is 4.77. The van der Waals surface area contributed by atoms with E-state index < -0.39 is 0 Å². The number of nitrogens with one attached hydrogen (secondary N) is 1. The third-order valence-corrected chi connectivity index (χ3v) is 6.38. The number of aromatic nitrogens is 3. The van der Waals surface area contributed by atoms with Crippen molar-refractivity contribution in [1.82, 2.24) is 24.8 Å². The second kappa shape index (κ2) is 8.20. The highest BCUT2D eigenvalue weighted by atomic mass is 16.5. The van der Waals surface area contributed by atoms with Crippen LogP contribution in [0.4, 0.5) is 5.69 Å². The zero-order valence-electron chi connectivity index (χ0n) is 17.4. The first-order valence-corrected chi connectivity index (χ1v) is 10.7. The summed E-state index contributed by atoms with van der Waals surface area (Å²) in [7, 11) is 1.73. The number of piperazine rings is 1. The number of rotatable bonds is 5. The quantitative estimate of drug-likeness (QED) is 0.693. The molecule has 0 bridgehead atoms. The van der Waals surface area contributed by atoms with E-state index in [1.54, 1.807) is 7.11 Å². The Labute approximate surface area is 175 Å². The number of anilines is 1. The Morgan fingerprint density at radius 1 is 1.20 bits per heavy atom. The molecule has 2 saturated heterocycles. The van der Waals surface area contributed by atoms with Gasteiger partial charge in [0.15, 0.2) is 0 Å². The van der Waals surface area contributed by atoms with Gasteiger partial charge in [0, 0.05) is 81.1 Å². The zero-order valence-corrected chi connectivity index (χ0v) is 17.4. The third-order valence-electron chi connectivity index (χ3n) is 6.38. The van der Waals surface area contributed by atoms with E-state index in [1.807, 2.05) is 23.5 Å². The van der Waals surface area contributed by atoms with Crippen molar-refractivity contribution in [3.8, 4) is 0 Å². The molecule has 158 valence electrons. The molecule has 3 aromatic heterocycles. The lowest BCUT2D eigenvalue weighted by Crippen LogP contribution is -2.50. The van der Waals surface area contributed by atoms with E-state index >= 15 is 0 Å². The molecular weight excluding hydrogens is 380 g/mol. The number of nitrogens with zero attached hydrogens (tertiary/aromatic N) is 5. The molecule has 2 fully saturated rings. The number of aromatic amines is 1. The molecule has 8 nitrogen and oxygen atoms in total. The summed E-state index contributed by atoms with van der Waals surface area (Å²) >= 11 is 0. The highest BCUT2D eigenvalue weighted by Crippen LogP contribution is 2.31. The van der Waals surface area contributed by atoms with E-state index in [0.29, 0.717) is 12.5 Å².